The summed E-state index contributed by atoms with van der Waals surface area (Å²) in [5.41, 5.74) is -0.111. The smallest absolute Gasteiger partial charge is 0.295 e. The molecule has 0 aliphatic heterocycles. The van der Waals surface area contributed by atoms with Crippen molar-refractivity contribution < 1.29 is 18.8 Å². The lowest BCUT2D eigenvalue weighted by Gasteiger charge is -2.08. The van der Waals surface area contributed by atoms with E-state index in [4.69, 9.17) is 21.1 Å². The van der Waals surface area contributed by atoms with Gasteiger partial charge in [-0.15, -0.1) is 0 Å². The number of nitrogens with one attached hydrogen (secondary N) is 1. The Hall–Kier alpha value is -1.44. The molecule has 8 heteroatoms. The summed E-state index contributed by atoms with van der Waals surface area (Å²) in [6, 6.07) is 2.04. The van der Waals surface area contributed by atoms with E-state index in [0.717, 1.165) is 18.9 Å². The Morgan fingerprint density at radius 2 is 2.10 bits per heavy atom. The van der Waals surface area contributed by atoms with Crippen molar-refractivity contribution in [3.8, 4) is 0 Å². The Morgan fingerprint density at radius 1 is 1.33 bits per heavy atom. The van der Waals surface area contributed by atoms with Gasteiger partial charge in [0.15, 0.2) is 0 Å². The predicted octanol–water partition coefficient (Wildman–Crippen LogP) is 3.24. The maximum atomic E-state index is 13.2. The van der Waals surface area contributed by atoms with Crippen LogP contribution in [0.25, 0.3) is 0 Å². The number of methoxy groups -OCH3 is 1. The highest BCUT2D eigenvalue weighted by Gasteiger charge is 2.17. The molecule has 0 bridgehead atoms. The van der Waals surface area contributed by atoms with E-state index in [1.807, 2.05) is 0 Å². The van der Waals surface area contributed by atoms with Crippen LogP contribution in [0.1, 0.15) is 12.8 Å². The molecule has 0 amide bonds. The zero-order valence-electron chi connectivity index (χ0n) is 11.7. The van der Waals surface area contributed by atoms with Crippen molar-refractivity contribution in [3.63, 3.8) is 0 Å². The van der Waals surface area contributed by atoms with Crippen LogP contribution in [-0.4, -0.2) is 38.4 Å². The summed E-state index contributed by atoms with van der Waals surface area (Å²) >= 11 is 5.63. The van der Waals surface area contributed by atoms with Crippen molar-refractivity contribution in [2.75, 3.05) is 38.8 Å². The lowest BCUT2D eigenvalue weighted by Crippen LogP contribution is -2.07. The van der Waals surface area contributed by atoms with Gasteiger partial charge in [-0.3, -0.25) is 10.1 Å². The first-order chi connectivity index (χ1) is 10.1. The molecule has 0 saturated heterocycles. The van der Waals surface area contributed by atoms with E-state index in [1.165, 1.54) is 6.07 Å². The number of nitro benzene ring substituents is 1. The normalized spacial score (nSPS) is 10.6. The topological polar surface area (TPSA) is 73.6 Å². The van der Waals surface area contributed by atoms with Gasteiger partial charge < -0.3 is 14.8 Å². The molecule has 118 valence electrons. The first-order valence-corrected chi connectivity index (χ1v) is 6.88. The van der Waals surface area contributed by atoms with Crippen LogP contribution >= 0.6 is 11.6 Å². The van der Waals surface area contributed by atoms with E-state index in [2.05, 4.69) is 5.32 Å². The van der Waals surface area contributed by atoms with Gasteiger partial charge in [0.1, 0.15) is 11.5 Å². The summed E-state index contributed by atoms with van der Waals surface area (Å²) < 4.78 is 23.4. The highest BCUT2D eigenvalue weighted by molar-refractivity contribution is 6.31. The van der Waals surface area contributed by atoms with Crippen molar-refractivity contribution in [2.45, 2.75) is 12.8 Å². The predicted molar refractivity (Wildman–Crippen MR) is 78.5 cm³/mol. The Labute approximate surface area is 127 Å². The second-order valence-corrected chi connectivity index (χ2v) is 4.69. The molecule has 1 N–H and O–H groups in total. The quantitative estimate of drug-likeness (QED) is 0.407. The summed E-state index contributed by atoms with van der Waals surface area (Å²) in [7, 11) is 1.61. The number of hydrogen-bond acceptors (Lipinski definition) is 5. The van der Waals surface area contributed by atoms with Crippen molar-refractivity contribution in [1.29, 1.82) is 0 Å². The van der Waals surface area contributed by atoms with Crippen LogP contribution in [0.3, 0.4) is 0 Å². The molecule has 0 aliphatic carbocycles. The molecule has 1 aromatic carbocycles. The zero-order valence-corrected chi connectivity index (χ0v) is 12.5. The van der Waals surface area contributed by atoms with Crippen LogP contribution in [0.4, 0.5) is 15.8 Å². The van der Waals surface area contributed by atoms with Crippen LogP contribution in [0.5, 0.6) is 0 Å². The number of halogens is 2. The molecule has 0 fully saturated rings. The van der Waals surface area contributed by atoms with E-state index >= 15 is 0 Å². The number of benzene rings is 1. The van der Waals surface area contributed by atoms with Crippen LogP contribution < -0.4 is 5.32 Å². The minimum atomic E-state index is -0.805. The molecular weight excluding hydrogens is 303 g/mol. The average Bonchev–Trinajstić information content (AvgIpc) is 2.44. The van der Waals surface area contributed by atoms with E-state index in [9.17, 15) is 14.5 Å². The molecule has 1 rings (SSSR count). The number of nitrogens with zero attached hydrogens (tertiary/aromatic N) is 1. The minimum Gasteiger partial charge on any atom is -0.382 e. The van der Waals surface area contributed by atoms with Crippen molar-refractivity contribution in [2.24, 2.45) is 0 Å². The molecule has 0 atom stereocenters. The summed E-state index contributed by atoms with van der Waals surface area (Å²) in [6.45, 7) is 2.20. The minimum absolute atomic E-state index is 0.147. The van der Waals surface area contributed by atoms with E-state index in [-0.39, 0.29) is 16.4 Å². The third kappa shape index (κ3) is 6.24. The number of ether oxygens (including phenoxy) is 2. The maximum absolute atomic E-state index is 13.2. The number of anilines is 1. The van der Waals surface area contributed by atoms with Crippen molar-refractivity contribution in [1.82, 2.24) is 0 Å². The maximum Gasteiger partial charge on any atom is 0.295 e. The zero-order chi connectivity index (χ0) is 15.7. The van der Waals surface area contributed by atoms with Crippen LogP contribution in [0, 0.1) is 15.9 Å². The summed E-state index contributed by atoms with van der Waals surface area (Å²) in [5, 5.41) is 13.6. The van der Waals surface area contributed by atoms with Gasteiger partial charge in [-0.2, -0.15) is 0 Å². The fraction of sp³-hybridized carbons (Fsp3) is 0.538. The fourth-order valence-corrected chi connectivity index (χ4v) is 1.79. The molecule has 6 nitrogen and oxygen atoms in total. The van der Waals surface area contributed by atoms with E-state index < -0.39 is 10.7 Å². The summed E-state index contributed by atoms with van der Waals surface area (Å²) in [6.07, 6.45) is 1.57. The second-order valence-electron chi connectivity index (χ2n) is 4.28. The molecule has 0 heterocycles. The molecule has 0 unspecified atom stereocenters. The average molecular weight is 321 g/mol. The number of hydrogen-bond donors (Lipinski definition) is 1. The highest BCUT2D eigenvalue weighted by Crippen LogP contribution is 2.30. The number of nitro groups is 1. The lowest BCUT2D eigenvalue weighted by molar-refractivity contribution is -0.384. The number of unbranched alkanes of at least 4 members (excludes halogenated alkanes) is 1. The molecule has 0 spiro atoms. The van der Waals surface area contributed by atoms with Crippen LogP contribution in [0.15, 0.2) is 12.1 Å². The molecule has 0 aliphatic rings. The van der Waals surface area contributed by atoms with Gasteiger partial charge in [0.05, 0.1) is 29.2 Å². The van der Waals surface area contributed by atoms with E-state index in [1.54, 1.807) is 7.11 Å². The van der Waals surface area contributed by atoms with Crippen LogP contribution in [0.2, 0.25) is 5.02 Å². The van der Waals surface area contributed by atoms with Gasteiger partial charge in [0.25, 0.3) is 5.69 Å². The molecule has 21 heavy (non-hydrogen) atoms. The van der Waals surface area contributed by atoms with Crippen molar-refractivity contribution >= 4 is 23.0 Å². The summed E-state index contributed by atoms with van der Waals surface area (Å²) in [5.74, 6) is -0.805. The van der Waals surface area contributed by atoms with Crippen molar-refractivity contribution in [3.05, 3.63) is 33.1 Å². The Bertz CT molecular complexity index is 474. The van der Waals surface area contributed by atoms with Gasteiger partial charge in [-0.1, -0.05) is 11.6 Å². The number of rotatable bonds is 10. The molecule has 0 radical (unpaired) electrons. The first kappa shape index (κ1) is 17.6. The van der Waals surface area contributed by atoms with Crippen LogP contribution in [-0.2, 0) is 9.47 Å². The van der Waals surface area contributed by atoms with Gasteiger partial charge in [0, 0.05) is 20.3 Å². The van der Waals surface area contributed by atoms with Gasteiger partial charge >= 0.3 is 0 Å². The molecular formula is C13H18ClFN2O4. The molecule has 0 saturated carbocycles. The van der Waals surface area contributed by atoms with E-state index in [0.29, 0.717) is 26.4 Å². The van der Waals surface area contributed by atoms with Gasteiger partial charge in [0.2, 0.25) is 0 Å². The summed E-state index contributed by atoms with van der Waals surface area (Å²) in [4.78, 5) is 10.2. The SMILES string of the molecule is COCCOCCCCNc1cc(Cl)c(F)cc1[N+](=O)[O-]. The Morgan fingerprint density at radius 3 is 2.76 bits per heavy atom. The third-order valence-corrected chi connectivity index (χ3v) is 2.99. The molecule has 0 aromatic heterocycles. The highest BCUT2D eigenvalue weighted by atomic mass is 35.5. The molecule has 1 aromatic rings. The van der Waals surface area contributed by atoms with Gasteiger partial charge in [-0.25, -0.2) is 4.39 Å². The largest absolute Gasteiger partial charge is 0.382 e. The first-order valence-electron chi connectivity index (χ1n) is 6.50. The second kappa shape index (κ2) is 9.49. The Kier molecular flexibility index (Phi) is 7.96. The Balaban J connectivity index is 2.38. The third-order valence-electron chi connectivity index (χ3n) is 2.70. The standard InChI is InChI=1S/C13H18ClFN2O4/c1-20-6-7-21-5-3-2-4-16-12-8-10(14)11(15)9-13(12)17(18)19/h8-9,16H,2-7H2,1H3. The lowest BCUT2D eigenvalue weighted by atomic mass is 10.2. The fourth-order valence-electron chi connectivity index (χ4n) is 1.63. The van der Waals surface area contributed by atoms with Gasteiger partial charge in [-0.05, 0) is 18.9 Å². The monoisotopic (exact) mass is 320 g/mol.